The van der Waals surface area contributed by atoms with Crippen LogP contribution < -0.4 is 10.0 Å². The van der Waals surface area contributed by atoms with Gasteiger partial charge in [0.1, 0.15) is 0 Å². The zero-order chi connectivity index (χ0) is 22.6. The molecule has 0 fully saturated rings. The fraction of sp³-hybridized carbons (Fsp3) is 0.240. The van der Waals surface area contributed by atoms with Crippen LogP contribution in [0, 0.1) is 0 Å². The van der Waals surface area contributed by atoms with Gasteiger partial charge in [-0.25, -0.2) is 8.42 Å². The van der Waals surface area contributed by atoms with Gasteiger partial charge in [0.25, 0.3) is 15.9 Å². The molecule has 2 N–H and O–H groups in total. The number of para-hydroxylation sites is 1. The van der Waals surface area contributed by atoms with Gasteiger partial charge in [0, 0.05) is 11.3 Å². The van der Waals surface area contributed by atoms with Crippen LogP contribution in [0.5, 0.6) is 0 Å². The van der Waals surface area contributed by atoms with Gasteiger partial charge in [-0.05, 0) is 53.8 Å². The van der Waals surface area contributed by atoms with E-state index in [2.05, 4.69) is 42.9 Å². The minimum absolute atomic E-state index is 0.0335. The number of anilines is 1. The second-order valence-corrected chi connectivity index (χ2v) is 10.2. The minimum atomic E-state index is -3.80. The molecule has 0 aromatic heterocycles. The molecule has 6 heteroatoms. The molecule has 1 unspecified atom stereocenters. The van der Waals surface area contributed by atoms with Gasteiger partial charge in [-0.2, -0.15) is 0 Å². The number of sulfonamides is 1. The van der Waals surface area contributed by atoms with E-state index in [4.69, 9.17) is 0 Å². The fourth-order valence-corrected chi connectivity index (χ4v) is 4.26. The van der Waals surface area contributed by atoms with Crippen molar-refractivity contribution < 1.29 is 13.2 Å². The summed E-state index contributed by atoms with van der Waals surface area (Å²) in [6.07, 6.45) is 0. The third-order valence-corrected chi connectivity index (χ3v) is 6.44. The highest BCUT2D eigenvalue weighted by atomic mass is 32.2. The fourth-order valence-electron chi connectivity index (χ4n) is 3.16. The molecule has 5 nitrogen and oxygen atoms in total. The van der Waals surface area contributed by atoms with E-state index in [9.17, 15) is 13.2 Å². The molecule has 0 spiro atoms. The van der Waals surface area contributed by atoms with E-state index in [-0.39, 0.29) is 27.8 Å². The molecule has 0 aliphatic carbocycles. The molecule has 3 rings (SSSR count). The lowest BCUT2D eigenvalue weighted by molar-refractivity contribution is 0.0939. The third kappa shape index (κ3) is 5.73. The maximum absolute atomic E-state index is 12.8. The van der Waals surface area contributed by atoms with Gasteiger partial charge in [-0.15, -0.1) is 0 Å². The van der Waals surface area contributed by atoms with E-state index < -0.39 is 10.0 Å². The molecular weight excluding hydrogens is 408 g/mol. The summed E-state index contributed by atoms with van der Waals surface area (Å²) in [4.78, 5) is 12.8. The molecule has 0 saturated heterocycles. The molecule has 31 heavy (non-hydrogen) atoms. The summed E-state index contributed by atoms with van der Waals surface area (Å²) in [7, 11) is -3.80. The van der Waals surface area contributed by atoms with Crippen molar-refractivity contribution in [1.29, 1.82) is 0 Å². The summed E-state index contributed by atoms with van der Waals surface area (Å²) >= 11 is 0. The molecule has 3 aromatic rings. The molecule has 0 saturated carbocycles. The molecule has 1 amide bonds. The monoisotopic (exact) mass is 436 g/mol. The zero-order valence-corrected chi connectivity index (χ0v) is 19.0. The smallest absolute Gasteiger partial charge is 0.261 e. The average Bonchev–Trinajstić information content (AvgIpc) is 2.73. The van der Waals surface area contributed by atoms with Crippen molar-refractivity contribution in [2.45, 2.75) is 44.0 Å². The van der Waals surface area contributed by atoms with Crippen molar-refractivity contribution in [3.8, 4) is 0 Å². The van der Waals surface area contributed by atoms with Crippen LogP contribution >= 0.6 is 0 Å². The van der Waals surface area contributed by atoms with E-state index in [0.717, 1.165) is 5.56 Å². The van der Waals surface area contributed by atoms with E-state index >= 15 is 0 Å². The van der Waals surface area contributed by atoms with E-state index in [1.54, 1.807) is 42.5 Å². The standard InChI is InChI=1S/C25H28N2O3S/c1-18(19-13-15-21(16-14-19)25(2,3)4)26-24(28)20-9-8-12-23(17-20)31(29,30)27-22-10-6-5-7-11-22/h5-18,27H,1-4H3,(H,26,28). The van der Waals surface area contributed by atoms with Crippen molar-refractivity contribution in [2.75, 3.05) is 4.72 Å². The van der Waals surface area contributed by atoms with E-state index in [1.165, 1.54) is 17.7 Å². The van der Waals surface area contributed by atoms with Gasteiger partial charge >= 0.3 is 0 Å². The van der Waals surface area contributed by atoms with E-state index in [0.29, 0.717) is 5.69 Å². The van der Waals surface area contributed by atoms with Gasteiger partial charge in [-0.3, -0.25) is 9.52 Å². The van der Waals surface area contributed by atoms with Crippen molar-refractivity contribution in [2.24, 2.45) is 0 Å². The Kier molecular flexibility index (Phi) is 6.51. The van der Waals surface area contributed by atoms with Crippen LogP contribution in [0.4, 0.5) is 5.69 Å². The van der Waals surface area contributed by atoms with E-state index in [1.807, 2.05) is 19.1 Å². The highest BCUT2D eigenvalue weighted by molar-refractivity contribution is 7.92. The summed E-state index contributed by atoms with van der Waals surface area (Å²) in [5, 5.41) is 2.94. The van der Waals surface area contributed by atoms with Gasteiger partial charge in [-0.1, -0.05) is 69.3 Å². The van der Waals surface area contributed by atoms with Crippen LogP contribution in [0.2, 0.25) is 0 Å². The Morgan fingerprint density at radius 2 is 1.52 bits per heavy atom. The lowest BCUT2D eigenvalue weighted by Gasteiger charge is -2.21. The number of hydrogen-bond donors (Lipinski definition) is 2. The predicted octanol–water partition coefficient (Wildman–Crippen LogP) is 5.28. The predicted molar refractivity (Wildman–Crippen MR) is 125 cm³/mol. The van der Waals surface area contributed by atoms with Gasteiger partial charge in [0.2, 0.25) is 0 Å². The SMILES string of the molecule is CC(NC(=O)c1cccc(S(=O)(=O)Nc2ccccc2)c1)c1ccc(C(C)(C)C)cc1. The molecule has 0 aliphatic rings. The van der Waals surface area contributed by atoms with Crippen molar-refractivity contribution in [3.63, 3.8) is 0 Å². The lowest BCUT2D eigenvalue weighted by atomic mass is 9.86. The summed E-state index contributed by atoms with van der Waals surface area (Å²) in [6, 6.07) is 22.6. The molecule has 0 radical (unpaired) electrons. The average molecular weight is 437 g/mol. The maximum atomic E-state index is 12.8. The Labute approximate surface area is 184 Å². The Hall–Kier alpha value is -3.12. The molecular formula is C25H28N2O3S. The number of nitrogens with one attached hydrogen (secondary N) is 2. The Morgan fingerprint density at radius 1 is 0.871 bits per heavy atom. The summed E-state index contributed by atoms with van der Waals surface area (Å²) in [5.41, 5.74) is 3.01. The number of rotatable bonds is 6. The van der Waals surface area contributed by atoms with Crippen LogP contribution in [-0.2, 0) is 15.4 Å². The van der Waals surface area contributed by atoms with Gasteiger partial charge < -0.3 is 5.32 Å². The summed E-state index contributed by atoms with van der Waals surface area (Å²) < 4.78 is 27.9. The Bertz CT molecular complexity index is 1150. The van der Waals surface area contributed by atoms with Crippen LogP contribution in [0.3, 0.4) is 0 Å². The number of benzene rings is 3. The van der Waals surface area contributed by atoms with Crippen LogP contribution in [0.15, 0.2) is 83.8 Å². The first-order valence-corrected chi connectivity index (χ1v) is 11.6. The molecule has 3 aromatic carbocycles. The Balaban J connectivity index is 1.74. The summed E-state index contributed by atoms with van der Waals surface area (Å²) in [5.74, 6) is -0.329. The number of hydrogen-bond acceptors (Lipinski definition) is 3. The second kappa shape index (κ2) is 8.94. The molecule has 162 valence electrons. The zero-order valence-electron chi connectivity index (χ0n) is 18.2. The maximum Gasteiger partial charge on any atom is 0.261 e. The number of amides is 1. The number of carbonyl (C=O) groups is 1. The first-order chi connectivity index (χ1) is 14.6. The third-order valence-electron chi connectivity index (χ3n) is 5.06. The van der Waals surface area contributed by atoms with Crippen molar-refractivity contribution >= 4 is 21.6 Å². The minimum Gasteiger partial charge on any atom is -0.346 e. The lowest BCUT2D eigenvalue weighted by Crippen LogP contribution is -2.27. The summed E-state index contributed by atoms with van der Waals surface area (Å²) in [6.45, 7) is 8.37. The first-order valence-electron chi connectivity index (χ1n) is 10.2. The highest BCUT2D eigenvalue weighted by Gasteiger charge is 2.18. The Morgan fingerprint density at radius 3 is 2.13 bits per heavy atom. The highest BCUT2D eigenvalue weighted by Crippen LogP contribution is 2.24. The quantitative estimate of drug-likeness (QED) is 0.552. The normalized spacial score (nSPS) is 12.8. The molecule has 1 atom stereocenters. The molecule has 0 bridgehead atoms. The second-order valence-electron chi connectivity index (χ2n) is 8.57. The largest absolute Gasteiger partial charge is 0.346 e. The molecule has 0 heterocycles. The van der Waals surface area contributed by atoms with Crippen LogP contribution in [-0.4, -0.2) is 14.3 Å². The van der Waals surface area contributed by atoms with Gasteiger partial charge in [0.05, 0.1) is 10.9 Å². The van der Waals surface area contributed by atoms with Crippen molar-refractivity contribution in [1.82, 2.24) is 5.32 Å². The van der Waals surface area contributed by atoms with Gasteiger partial charge in [0.15, 0.2) is 0 Å². The van der Waals surface area contributed by atoms with Crippen molar-refractivity contribution in [3.05, 3.63) is 95.6 Å². The molecule has 0 aliphatic heterocycles. The topological polar surface area (TPSA) is 75.3 Å². The first kappa shape index (κ1) is 22.6. The number of carbonyl (C=O) groups excluding carboxylic acids is 1. The van der Waals surface area contributed by atoms with Crippen LogP contribution in [0.1, 0.15) is 55.2 Å². The van der Waals surface area contributed by atoms with Crippen LogP contribution in [0.25, 0.3) is 0 Å².